The Bertz CT molecular complexity index is 226. The average molecular weight is 268 g/mol. The van der Waals surface area contributed by atoms with E-state index >= 15 is 0 Å². The van der Waals surface area contributed by atoms with Crippen molar-refractivity contribution in [3.8, 4) is 0 Å². The Kier molecular flexibility index (Phi) is 3.28. The molecular weight excluding hydrogens is 259 g/mol. The molecular formula is C6H9IN2O2. The molecule has 0 aliphatic carbocycles. The monoisotopic (exact) mass is 268 g/mol. The minimum atomic E-state index is -0.717. The molecule has 1 rings (SSSR count). The summed E-state index contributed by atoms with van der Waals surface area (Å²) in [6, 6.07) is 0. The summed E-state index contributed by atoms with van der Waals surface area (Å²) in [7, 11) is 0. The summed E-state index contributed by atoms with van der Waals surface area (Å²) in [6.45, 7) is 0.121. The van der Waals surface area contributed by atoms with E-state index in [2.05, 4.69) is 27.7 Å². The standard InChI is InChI=1S/C6H9IN2O2/c7-5-1-8-9(2-5)3-6(11)4-10/h1-2,6,10-11H,3-4H2/t6-/m0/s1. The van der Waals surface area contributed by atoms with Crippen molar-refractivity contribution in [3.05, 3.63) is 16.0 Å². The zero-order valence-electron chi connectivity index (χ0n) is 5.81. The van der Waals surface area contributed by atoms with E-state index in [1.165, 1.54) is 0 Å². The van der Waals surface area contributed by atoms with Crippen molar-refractivity contribution in [1.82, 2.24) is 9.78 Å². The highest BCUT2D eigenvalue weighted by Crippen LogP contribution is 2.01. The van der Waals surface area contributed by atoms with E-state index in [1.807, 2.05) is 0 Å². The van der Waals surface area contributed by atoms with E-state index in [4.69, 9.17) is 10.2 Å². The van der Waals surface area contributed by atoms with Gasteiger partial charge in [-0.2, -0.15) is 5.10 Å². The van der Waals surface area contributed by atoms with Crippen LogP contribution >= 0.6 is 22.6 Å². The molecule has 1 aromatic heterocycles. The number of hydrogen-bond acceptors (Lipinski definition) is 3. The molecule has 0 saturated carbocycles. The van der Waals surface area contributed by atoms with E-state index in [0.29, 0.717) is 6.54 Å². The van der Waals surface area contributed by atoms with Gasteiger partial charge in [-0.05, 0) is 22.6 Å². The maximum Gasteiger partial charge on any atom is 0.0966 e. The molecule has 4 nitrogen and oxygen atoms in total. The van der Waals surface area contributed by atoms with Gasteiger partial charge in [0.25, 0.3) is 0 Å². The molecule has 1 heterocycles. The molecule has 2 N–H and O–H groups in total. The molecule has 0 bridgehead atoms. The first-order chi connectivity index (χ1) is 5.22. The molecule has 5 heteroatoms. The van der Waals surface area contributed by atoms with Crippen LogP contribution in [0.5, 0.6) is 0 Å². The van der Waals surface area contributed by atoms with Crippen LogP contribution in [0.1, 0.15) is 0 Å². The Labute approximate surface area is 78.0 Å². The summed E-state index contributed by atoms with van der Waals surface area (Å²) in [4.78, 5) is 0. The second kappa shape index (κ2) is 4.03. The van der Waals surface area contributed by atoms with E-state index < -0.39 is 6.10 Å². The lowest BCUT2D eigenvalue weighted by atomic mass is 10.4. The summed E-state index contributed by atoms with van der Waals surface area (Å²) >= 11 is 2.13. The lowest BCUT2D eigenvalue weighted by Crippen LogP contribution is -2.19. The smallest absolute Gasteiger partial charge is 0.0966 e. The molecule has 1 atom stereocenters. The first kappa shape index (κ1) is 8.95. The highest BCUT2D eigenvalue weighted by atomic mass is 127. The van der Waals surface area contributed by atoms with Gasteiger partial charge in [0.05, 0.1) is 29.0 Å². The van der Waals surface area contributed by atoms with Gasteiger partial charge in [0.2, 0.25) is 0 Å². The molecule has 0 aliphatic rings. The molecule has 62 valence electrons. The topological polar surface area (TPSA) is 58.3 Å². The van der Waals surface area contributed by atoms with Gasteiger partial charge in [0.15, 0.2) is 0 Å². The number of nitrogens with zero attached hydrogens (tertiary/aromatic N) is 2. The van der Waals surface area contributed by atoms with Crippen molar-refractivity contribution in [1.29, 1.82) is 0 Å². The SMILES string of the molecule is OC[C@@H](O)Cn1cc(I)cn1. The number of aromatic nitrogens is 2. The van der Waals surface area contributed by atoms with Gasteiger partial charge >= 0.3 is 0 Å². The first-order valence-corrected chi connectivity index (χ1v) is 4.27. The van der Waals surface area contributed by atoms with Crippen LogP contribution in [-0.2, 0) is 6.54 Å². The van der Waals surface area contributed by atoms with Crippen LogP contribution in [0, 0.1) is 3.57 Å². The Morgan fingerprint density at radius 2 is 2.45 bits per heavy atom. The van der Waals surface area contributed by atoms with Crippen LogP contribution in [0.25, 0.3) is 0 Å². The van der Waals surface area contributed by atoms with Crippen LogP contribution in [0.2, 0.25) is 0 Å². The van der Waals surface area contributed by atoms with Gasteiger partial charge in [-0.15, -0.1) is 0 Å². The third kappa shape index (κ3) is 2.76. The molecule has 1 aromatic rings. The molecule has 0 saturated heterocycles. The zero-order chi connectivity index (χ0) is 8.27. The maximum atomic E-state index is 9.01. The fourth-order valence-corrected chi connectivity index (χ4v) is 1.16. The van der Waals surface area contributed by atoms with Crippen LogP contribution in [-0.4, -0.2) is 32.7 Å². The zero-order valence-corrected chi connectivity index (χ0v) is 7.97. The number of aliphatic hydroxyl groups is 2. The minimum absolute atomic E-state index is 0.226. The maximum absolute atomic E-state index is 9.01. The lowest BCUT2D eigenvalue weighted by Gasteiger charge is -2.05. The summed E-state index contributed by atoms with van der Waals surface area (Å²) in [5.74, 6) is 0. The highest BCUT2D eigenvalue weighted by molar-refractivity contribution is 14.1. The fraction of sp³-hybridized carbons (Fsp3) is 0.500. The Balaban J connectivity index is 2.50. The quantitative estimate of drug-likeness (QED) is 0.749. The van der Waals surface area contributed by atoms with E-state index in [9.17, 15) is 0 Å². The Morgan fingerprint density at radius 1 is 1.73 bits per heavy atom. The van der Waals surface area contributed by atoms with Gasteiger partial charge in [-0.25, -0.2) is 0 Å². The second-order valence-corrected chi connectivity index (χ2v) is 3.46. The van der Waals surface area contributed by atoms with Crippen LogP contribution < -0.4 is 0 Å². The van der Waals surface area contributed by atoms with Gasteiger partial charge in [0, 0.05) is 6.20 Å². The predicted octanol–water partition coefficient (Wildman–Crippen LogP) is -0.159. The average Bonchev–Trinajstić information content (AvgIpc) is 2.35. The summed E-state index contributed by atoms with van der Waals surface area (Å²) in [5.41, 5.74) is 0. The number of halogens is 1. The van der Waals surface area contributed by atoms with Crippen molar-refractivity contribution in [2.24, 2.45) is 0 Å². The van der Waals surface area contributed by atoms with Crippen LogP contribution in [0.3, 0.4) is 0 Å². The third-order valence-corrected chi connectivity index (χ3v) is 1.77. The largest absolute Gasteiger partial charge is 0.394 e. The van der Waals surface area contributed by atoms with E-state index in [1.54, 1.807) is 17.1 Å². The van der Waals surface area contributed by atoms with Crippen molar-refractivity contribution in [3.63, 3.8) is 0 Å². The van der Waals surface area contributed by atoms with Crippen molar-refractivity contribution >= 4 is 22.6 Å². The Morgan fingerprint density at radius 3 is 2.91 bits per heavy atom. The van der Waals surface area contributed by atoms with Crippen LogP contribution in [0.4, 0.5) is 0 Å². The van der Waals surface area contributed by atoms with Crippen molar-refractivity contribution in [2.75, 3.05) is 6.61 Å². The summed E-state index contributed by atoms with van der Waals surface area (Å²) in [6.07, 6.45) is 2.79. The second-order valence-electron chi connectivity index (χ2n) is 2.22. The lowest BCUT2D eigenvalue weighted by molar-refractivity contribution is 0.0782. The van der Waals surface area contributed by atoms with Gasteiger partial charge in [-0.1, -0.05) is 0 Å². The third-order valence-electron chi connectivity index (χ3n) is 1.21. The fourth-order valence-electron chi connectivity index (χ4n) is 0.712. The van der Waals surface area contributed by atoms with Crippen LogP contribution in [0.15, 0.2) is 12.4 Å². The van der Waals surface area contributed by atoms with Gasteiger partial charge in [-0.3, -0.25) is 4.68 Å². The number of rotatable bonds is 3. The number of hydrogen-bond donors (Lipinski definition) is 2. The summed E-state index contributed by atoms with van der Waals surface area (Å²) < 4.78 is 2.62. The molecule has 0 aliphatic heterocycles. The Hall–Kier alpha value is -0.140. The summed E-state index contributed by atoms with van der Waals surface area (Å²) in [5, 5.41) is 21.5. The molecule has 0 fully saturated rings. The van der Waals surface area contributed by atoms with Gasteiger partial charge in [0.1, 0.15) is 0 Å². The molecule has 0 aromatic carbocycles. The first-order valence-electron chi connectivity index (χ1n) is 3.19. The number of aliphatic hydroxyl groups excluding tert-OH is 2. The van der Waals surface area contributed by atoms with Crippen molar-refractivity contribution < 1.29 is 10.2 Å². The van der Waals surface area contributed by atoms with E-state index in [-0.39, 0.29) is 6.61 Å². The van der Waals surface area contributed by atoms with Gasteiger partial charge < -0.3 is 10.2 Å². The van der Waals surface area contributed by atoms with Crippen molar-refractivity contribution in [2.45, 2.75) is 12.6 Å². The highest BCUT2D eigenvalue weighted by Gasteiger charge is 2.03. The van der Waals surface area contributed by atoms with E-state index in [0.717, 1.165) is 3.57 Å². The minimum Gasteiger partial charge on any atom is -0.394 e. The molecule has 0 amide bonds. The molecule has 0 unspecified atom stereocenters. The normalized spacial score (nSPS) is 13.4. The molecule has 11 heavy (non-hydrogen) atoms. The molecule has 0 spiro atoms. The predicted molar refractivity (Wildman–Crippen MR) is 48.0 cm³/mol. The molecule has 0 radical (unpaired) electrons.